The zero-order chi connectivity index (χ0) is 14.8. The summed E-state index contributed by atoms with van der Waals surface area (Å²) in [5.74, 6) is -1.84. The Morgan fingerprint density at radius 3 is 2.57 bits per heavy atom. The zero-order valence-corrected chi connectivity index (χ0v) is 11.3. The van der Waals surface area contributed by atoms with Crippen LogP contribution in [0.4, 0.5) is 8.78 Å². The number of aromatic nitrogens is 1. The smallest absolute Gasteiger partial charge is 0.276 e. The van der Waals surface area contributed by atoms with Crippen molar-refractivity contribution < 1.29 is 18.1 Å². The van der Waals surface area contributed by atoms with Gasteiger partial charge in [0.25, 0.3) is 5.91 Å². The van der Waals surface area contributed by atoms with E-state index in [1.165, 1.54) is 12.1 Å². The SMILES string of the molecule is O=C(c1cc(-c2ccc(F)c(F)c2)on1)N1CCCCC1. The molecule has 1 saturated heterocycles. The topological polar surface area (TPSA) is 46.3 Å². The van der Waals surface area contributed by atoms with Crippen LogP contribution in [0.5, 0.6) is 0 Å². The van der Waals surface area contributed by atoms with Gasteiger partial charge < -0.3 is 9.42 Å². The molecule has 2 aromatic rings. The van der Waals surface area contributed by atoms with Crippen LogP contribution in [0.2, 0.25) is 0 Å². The van der Waals surface area contributed by atoms with Crippen LogP contribution < -0.4 is 0 Å². The summed E-state index contributed by atoms with van der Waals surface area (Å²) in [6, 6.07) is 4.88. The van der Waals surface area contributed by atoms with Gasteiger partial charge in [-0.15, -0.1) is 0 Å². The fourth-order valence-electron chi connectivity index (χ4n) is 2.42. The number of hydrogen-bond acceptors (Lipinski definition) is 3. The lowest BCUT2D eigenvalue weighted by atomic mass is 10.1. The number of benzene rings is 1. The second-order valence-corrected chi connectivity index (χ2v) is 5.06. The summed E-state index contributed by atoms with van der Waals surface area (Å²) in [5, 5.41) is 3.74. The van der Waals surface area contributed by atoms with E-state index in [2.05, 4.69) is 5.16 Å². The van der Waals surface area contributed by atoms with Gasteiger partial charge in [0.2, 0.25) is 0 Å². The van der Waals surface area contributed by atoms with Crippen LogP contribution in [0.3, 0.4) is 0 Å². The van der Waals surface area contributed by atoms with Crippen LogP contribution >= 0.6 is 0 Å². The van der Waals surface area contributed by atoms with Gasteiger partial charge in [-0.1, -0.05) is 5.16 Å². The van der Waals surface area contributed by atoms with Gasteiger partial charge in [-0.3, -0.25) is 4.79 Å². The van der Waals surface area contributed by atoms with Gasteiger partial charge in [0.05, 0.1) is 0 Å². The predicted molar refractivity (Wildman–Crippen MR) is 71.6 cm³/mol. The molecule has 0 radical (unpaired) electrons. The third-order valence-electron chi connectivity index (χ3n) is 3.58. The average Bonchev–Trinajstić information content (AvgIpc) is 3.00. The lowest BCUT2D eigenvalue weighted by molar-refractivity contribution is 0.0714. The summed E-state index contributed by atoms with van der Waals surface area (Å²) in [7, 11) is 0. The molecule has 3 rings (SSSR count). The highest BCUT2D eigenvalue weighted by Gasteiger charge is 2.22. The fourth-order valence-corrected chi connectivity index (χ4v) is 2.42. The Bertz CT molecular complexity index is 663. The first kappa shape index (κ1) is 13.7. The highest BCUT2D eigenvalue weighted by atomic mass is 19.2. The Hall–Kier alpha value is -2.24. The molecule has 0 aliphatic carbocycles. The van der Waals surface area contributed by atoms with Crippen molar-refractivity contribution in [3.05, 3.63) is 41.6 Å². The number of likely N-dealkylation sites (tertiary alicyclic amines) is 1. The summed E-state index contributed by atoms with van der Waals surface area (Å²) in [6.45, 7) is 1.43. The molecule has 110 valence electrons. The number of rotatable bonds is 2. The first-order chi connectivity index (χ1) is 10.1. The summed E-state index contributed by atoms with van der Waals surface area (Å²) in [4.78, 5) is 14.0. The molecule has 1 aliphatic heterocycles. The minimum atomic E-state index is -0.965. The van der Waals surface area contributed by atoms with Gasteiger partial charge in [0.15, 0.2) is 23.1 Å². The number of amides is 1. The minimum Gasteiger partial charge on any atom is -0.355 e. The number of carbonyl (C=O) groups is 1. The van der Waals surface area contributed by atoms with Crippen molar-refractivity contribution in [2.45, 2.75) is 19.3 Å². The number of halogens is 2. The lowest BCUT2D eigenvalue weighted by Gasteiger charge is -2.25. The van der Waals surface area contributed by atoms with E-state index < -0.39 is 11.6 Å². The molecule has 4 nitrogen and oxygen atoms in total. The molecule has 0 spiro atoms. The summed E-state index contributed by atoms with van der Waals surface area (Å²) in [5.41, 5.74) is 0.538. The van der Waals surface area contributed by atoms with E-state index in [-0.39, 0.29) is 17.4 Å². The maximum absolute atomic E-state index is 13.2. The van der Waals surface area contributed by atoms with E-state index in [9.17, 15) is 13.6 Å². The Balaban J connectivity index is 1.82. The Morgan fingerprint density at radius 1 is 1.10 bits per heavy atom. The molecule has 21 heavy (non-hydrogen) atoms. The molecule has 0 atom stereocenters. The first-order valence-corrected chi connectivity index (χ1v) is 6.86. The van der Waals surface area contributed by atoms with Gasteiger partial charge in [0.1, 0.15) is 0 Å². The summed E-state index contributed by atoms with van der Waals surface area (Å²) < 4.78 is 31.2. The predicted octanol–water partition coefficient (Wildman–Crippen LogP) is 3.25. The second-order valence-electron chi connectivity index (χ2n) is 5.06. The Morgan fingerprint density at radius 2 is 1.86 bits per heavy atom. The molecule has 1 aromatic heterocycles. The van der Waals surface area contributed by atoms with E-state index in [0.29, 0.717) is 18.7 Å². The maximum Gasteiger partial charge on any atom is 0.276 e. The molecule has 0 N–H and O–H groups in total. The largest absolute Gasteiger partial charge is 0.355 e. The van der Waals surface area contributed by atoms with Gasteiger partial charge in [-0.2, -0.15) is 0 Å². The highest BCUT2D eigenvalue weighted by Crippen LogP contribution is 2.23. The van der Waals surface area contributed by atoms with Crippen molar-refractivity contribution in [3.63, 3.8) is 0 Å². The van der Waals surface area contributed by atoms with E-state index in [1.807, 2.05) is 0 Å². The third-order valence-corrected chi connectivity index (χ3v) is 3.58. The molecule has 6 heteroatoms. The van der Waals surface area contributed by atoms with Crippen molar-refractivity contribution >= 4 is 5.91 Å². The van der Waals surface area contributed by atoms with Gasteiger partial charge in [-0.05, 0) is 37.5 Å². The van der Waals surface area contributed by atoms with Crippen molar-refractivity contribution in [1.29, 1.82) is 0 Å². The quantitative estimate of drug-likeness (QED) is 0.853. The molecular formula is C15H14F2N2O2. The van der Waals surface area contributed by atoms with Gasteiger partial charge in [-0.25, -0.2) is 8.78 Å². The monoisotopic (exact) mass is 292 g/mol. The van der Waals surface area contributed by atoms with E-state index in [4.69, 9.17) is 4.52 Å². The van der Waals surface area contributed by atoms with E-state index in [1.54, 1.807) is 4.90 Å². The number of hydrogen-bond donors (Lipinski definition) is 0. The van der Waals surface area contributed by atoms with Crippen LogP contribution in [0, 0.1) is 11.6 Å². The lowest BCUT2D eigenvalue weighted by Crippen LogP contribution is -2.35. The summed E-state index contributed by atoms with van der Waals surface area (Å²) >= 11 is 0. The number of piperidine rings is 1. The van der Waals surface area contributed by atoms with Crippen LogP contribution in [0.1, 0.15) is 29.8 Å². The highest BCUT2D eigenvalue weighted by molar-refractivity contribution is 5.93. The first-order valence-electron chi connectivity index (χ1n) is 6.86. The van der Waals surface area contributed by atoms with Gasteiger partial charge in [0, 0.05) is 24.7 Å². The standard InChI is InChI=1S/C15H14F2N2O2/c16-11-5-4-10(8-12(11)17)14-9-13(18-21-14)15(20)19-6-2-1-3-7-19/h4-5,8-9H,1-3,6-7H2. The Labute approximate surface area is 120 Å². The van der Waals surface area contributed by atoms with Crippen molar-refractivity contribution in [2.24, 2.45) is 0 Å². The molecule has 0 saturated carbocycles. The van der Waals surface area contributed by atoms with Crippen molar-refractivity contribution in [3.8, 4) is 11.3 Å². The van der Waals surface area contributed by atoms with Crippen LogP contribution in [0.15, 0.2) is 28.8 Å². The minimum absolute atomic E-state index is 0.188. The molecule has 1 amide bonds. The molecule has 0 unspecified atom stereocenters. The molecular weight excluding hydrogens is 278 g/mol. The fraction of sp³-hybridized carbons (Fsp3) is 0.333. The van der Waals surface area contributed by atoms with Crippen LogP contribution in [0.25, 0.3) is 11.3 Å². The van der Waals surface area contributed by atoms with E-state index in [0.717, 1.165) is 31.4 Å². The van der Waals surface area contributed by atoms with Gasteiger partial charge >= 0.3 is 0 Å². The summed E-state index contributed by atoms with van der Waals surface area (Å²) in [6.07, 6.45) is 3.10. The third kappa shape index (κ3) is 2.79. The molecule has 0 bridgehead atoms. The van der Waals surface area contributed by atoms with Crippen LogP contribution in [-0.2, 0) is 0 Å². The zero-order valence-electron chi connectivity index (χ0n) is 11.3. The molecule has 1 aliphatic rings. The molecule has 1 fully saturated rings. The normalized spacial score (nSPS) is 15.2. The van der Waals surface area contributed by atoms with Crippen molar-refractivity contribution in [1.82, 2.24) is 10.1 Å². The maximum atomic E-state index is 13.2. The second kappa shape index (κ2) is 5.63. The molecule has 2 heterocycles. The molecule has 1 aromatic carbocycles. The Kier molecular flexibility index (Phi) is 3.68. The van der Waals surface area contributed by atoms with Crippen molar-refractivity contribution in [2.75, 3.05) is 13.1 Å². The number of nitrogens with zero attached hydrogens (tertiary/aromatic N) is 2. The average molecular weight is 292 g/mol. The van der Waals surface area contributed by atoms with E-state index >= 15 is 0 Å². The number of carbonyl (C=O) groups excluding carboxylic acids is 1. The van der Waals surface area contributed by atoms with Crippen LogP contribution in [-0.4, -0.2) is 29.1 Å².